The van der Waals surface area contributed by atoms with Gasteiger partial charge in [0.25, 0.3) is 0 Å². The maximum atomic E-state index is 12.1. The molecule has 3 N–H and O–H groups in total. The van der Waals surface area contributed by atoms with Crippen molar-refractivity contribution in [2.24, 2.45) is 0 Å². The van der Waals surface area contributed by atoms with Crippen LogP contribution in [-0.4, -0.2) is 21.0 Å². The van der Waals surface area contributed by atoms with Crippen molar-refractivity contribution in [1.82, 2.24) is 15.0 Å². The Morgan fingerprint density at radius 2 is 1.88 bits per heavy atom. The smallest absolute Gasteiger partial charge is 0.323 e. The van der Waals surface area contributed by atoms with Crippen LogP contribution in [0.1, 0.15) is 0 Å². The minimum Gasteiger partial charge on any atom is -0.337 e. The predicted octanol–water partition coefficient (Wildman–Crippen LogP) is 4.33. The summed E-state index contributed by atoms with van der Waals surface area (Å²) in [7, 11) is 0. The summed E-state index contributed by atoms with van der Waals surface area (Å²) in [6, 6.07) is 14.5. The number of urea groups is 1. The second-order valence-electron chi connectivity index (χ2n) is 5.14. The van der Waals surface area contributed by atoms with Gasteiger partial charge < -0.3 is 15.6 Å². The van der Waals surface area contributed by atoms with E-state index in [0.717, 1.165) is 28.2 Å². The molecule has 0 unspecified atom stereocenters. The molecule has 2 aromatic heterocycles. The minimum absolute atomic E-state index is 0.292. The van der Waals surface area contributed by atoms with Gasteiger partial charge in [0.2, 0.25) is 0 Å². The van der Waals surface area contributed by atoms with E-state index >= 15 is 0 Å². The fraction of sp³-hybridized carbons (Fsp3) is 0. The Bertz CT molecular complexity index is 979. The SMILES string of the molecule is O=C(Nc1ccccc1)Nc1ccc2nc(-c3cscn3)[nH]c2c1. The Hall–Kier alpha value is -3.19. The van der Waals surface area contributed by atoms with E-state index in [9.17, 15) is 4.79 Å². The number of nitrogens with zero attached hydrogens (tertiary/aromatic N) is 2. The highest BCUT2D eigenvalue weighted by molar-refractivity contribution is 7.07. The van der Waals surface area contributed by atoms with Gasteiger partial charge in [-0.25, -0.2) is 14.8 Å². The normalized spacial score (nSPS) is 10.7. The summed E-state index contributed by atoms with van der Waals surface area (Å²) in [5.41, 5.74) is 5.67. The van der Waals surface area contributed by atoms with Crippen LogP contribution in [0.4, 0.5) is 16.2 Å². The molecule has 2 aromatic carbocycles. The quantitative estimate of drug-likeness (QED) is 0.521. The molecule has 7 heteroatoms. The van der Waals surface area contributed by atoms with Gasteiger partial charge in [0.1, 0.15) is 5.69 Å². The van der Waals surface area contributed by atoms with Crippen LogP contribution in [0.5, 0.6) is 0 Å². The summed E-state index contributed by atoms with van der Waals surface area (Å²) < 4.78 is 0. The number of aromatic nitrogens is 3. The van der Waals surface area contributed by atoms with Gasteiger partial charge in [-0.1, -0.05) is 18.2 Å². The van der Waals surface area contributed by atoms with E-state index in [-0.39, 0.29) is 6.03 Å². The molecule has 0 saturated heterocycles. The Morgan fingerprint density at radius 3 is 2.67 bits per heavy atom. The number of carbonyl (C=O) groups excluding carboxylic acids is 1. The Kier molecular flexibility index (Phi) is 3.68. The molecule has 0 fully saturated rings. The van der Waals surface area contributed by atoms with E-state index in [4.69, 9.17) is 0 Å². The van der Waals surface area contributed by atoms with Crippen LogP contribution < -0.4 is 10.6 Å². The third kappa shape index (κ3) is 2.97. The molecule has 0 bridgehead atoms. The van der Waals surface area contributed by atoms with E-state index in [2.05, 4.69) is 25.6 Å². The number of hydrogen-bond acceptors (Lipinski definition) is 4. The van der Waals surface area contributed by atoms with Gasteiger partial charge in [-0.3, -0.25) is 0 Å². The molecule has 118 valence electrons. The van der Waals surface area contributed by atoms with Crippen molar-refractivity contribution >= 4 is 39.8 Å². The van der Waals surface area contributed by atoms with Gasteiger partial charge in [0, 0.05) is 16.8 Å². The van der Waals surface area contributed by atoms with Crippen LogP contribution in [-0.2, 0) is 0 Å². The lowest BCUT2D eigenvalue weighted by molar-refractivity contribution is 0.262. The largest absolute Gasteiger partial charge is 0.337 e. The van der Waals surface area contributed by atoms with E-state index in [1.165, 1.54) is 11.3 Å². The first kappa shape index (κ1) is 14.4. The lowest BCUT2D eigenvalue weighted by Crippen LogP contribution is -2.19. The van der Waals surface area contributed by atoms with Gasteiger partial charge >= 0.3 is 6.03 Å². The molecule has 0 saturated carbocycles. The van der Waals surface area contributed by atoms with Gasteiger partial charge in [-0.05, 0) is 30.3 Å². The van der Waals surface area contributed by atoms with Gasteiger partial charge in [0.15, 0.2) is 5.82 Å². The number of hydrogen-bond donors (Lipinski definition) is 3. The van der Waals surface area contributed by atoms with Crippen LogP contribution in [0.2, 0.25) is 0 Å². The average Bonchev–Trinajstić information content (AvgIpc) is 3.24. The molecule has 0 radical (unpaired) electrons. The van der Waals surface area contributed by atoms with Crippen LogP contribution in [0, 0.1) is 0 Å². The standard InChI is InChI=1S/C17H13N5OS/c23-17(19-11-4-2-1-3-5-11)20-12-6-7-13-14(8-12)22-16(21-13)15-9-24-10-18-15/h1-10H,(H,21,22)(H2,19,20,23). The van der Waals surface area contributed by atoms with Crippen molar-refractivity contribution in [3.8, 4) is 11.5 Å². The van der Waals surface area contributed by atoms with Gasteiger partial charge in [0.05, 0.1) is 16.5 Å². The van der Waals surface area contributed by atoms with Crippen LogP contribution in [0.25, 0.3) is 22.6 Å². The predicted molar refractivity (Wildman–Crippen MR) is 96.3 cm³/mol. The number of fused-ring (bicyclic) bond motifs is 1. The van der Waals surface area contributed by atoms with Crippen molar-refractivity contribution in [2.45, 2.75) is 0 Å². The van der Waals surface area contributed by atoms with Crippen LogP contribution in [0.3, 0.4) is 0 Å². The molecular weight excluding hydrogens is 322 g/mol. The zero-order chi connectivity index (χ0) is 16.4. The van der Waals surface area contributed by atoms with Crippen molar-refractivity contribution in [3.05, 3.63) is 59.4 Å². The van der Waals surface area contributed by atoms with E-state index in [1.54, 1.807) is 5.51 Å². The highest BCUT2D eigenvalue weighted by atomic mass is 32.1. The molecule has 2 heterocycles. The molecule has 0 aliphatic carbocycles. The van der Waals surface area contributed by atoms with Gasteiger partial charge in [-0.2, -0.15) is 0 Å². The maximum absolute atomic E-state index is 12.1. The zero-order valence-corrected chi connectivity index (χ0v) is 13.3. The fourth-order valence-corrected chi connectivity index (χ4v) is 2.89. The van der Waals surface area contributed by atoms with Crippen molar-refractivity contribution in [1.29, 1.82) is 0 Å². The van der Waals surface area contributed by atoms with E-state index in [1.807, 2.05) is 53.9 Å². The number of imidazole rings is 1. The van der Waals surface area contributed by atoms with Crippen molar-refractivity contribution in [2.75, 3.05) is 10.6 Å². The number of anilines is 2. The lowest BCUT2D eigenvalue weighted by atomic mass is 10.3. The first-order valence-corrected chi connectivity index (χ1v) is 8.23. The number of para-hydroxylation sites is 1. The Labute approximate surface area is 141 Å². The average molecular weight is 335 g/mol. The second kappa shape index (κ2) is 6.13. The number of amides is 2. The number of rotatable bonds is 3. The number of carbonyl (C=O) groups is 1. The topological polar surface area (TPSA) is 82.7 Å². The first-order valence-electron chi connectivity index (χ1n) is 7.29. The molecule has 4 rings (SSSR count). The molecule has 2 amide bonds. The van der Waals surface area contributed by atoms with Crippen LogP contribution in [0.15, 0.2) is 59.4 Å². The lowest BCUT2D eigenvalue weighted by Gasteiger charge is -2.07. The molecular formula is C17H13N5OS. The summed E-state index contributed by atoms with van der Waals surface area (Å²) in [5.74, 6) is 0.720. The summed E-state index contributed by atoms with van der Waals surface area (Å²) >= 11 is 1.52. The summed E-state index contributed by atoms with van der Waals surface area (Å²) in [6.45, 7) is 0. The summed E-state index contributed by atoms with van der Waals surface area (Å²) in [6.07, 6.45) is 0. The Morgan fingerprint density at radius 1 is 1.04 bits per heavy atom. The number of H-pyrrole nitrogens is 1. The second-order valence-corrected chi connectivity index (χ2v) is 5.85. The number of aromatic amines is 1. The van der Waals surface area contributed by atoms with Gasteiger partial charge in [-0.15, -0.1) is 11.3 Å². The molecule has 24 heavy (non-hydrogen) atoms. The van der Waals surface area contributed by atoms with Crippen LogP contribution >= 0.6 is 11.3 Å². The van der Waals surface area contributed by atoms with Crippen molar-refractivity contribution < 1.29 is 4.79 Å². The van der Waals surface area contributed by atoms with E-state index in [0.29, 0.717) is 5.69 Å². The number of nitrogens with one attached hydrogen (secondary N) is 3. The highest BCUT2D eigenvalue weighted by Crippen LogP contribution is 2.22. The monoisotopic (exact) mass is 335 g/mol. The zero-order valence-electron chi connectivity index (χ0n) is 12.5. The third-order valence-electron chi connectivity index (χ3n) is 3.45. The molecule has 0 atom stereocenters. The fourth-order valence-electron chi connectivity index (χ4n) is 2.35. The third-order valence-corrected chi connectivity index (χ3v) is 4.03. The molecule has 6 nitrogen and oxygen atoms in total. The first-order chi connectivity index (χ1) is 11.8. The number of thiazole rings is 1. The van der Waals surface area contributed by atoms with Crippen molar-refractivity contribution in [3.63, 3.8) is 0 Å². The molecule has 0 aliphatic rings. The van der Waals surface area contributed by atoms with E-state index < -0.39 is 0 Å². The minimum atomic E-state index is -0.292. The molecule has 0 spiro atoms. The highest BCUT2D eigenvalue weighted by Gasteiger charge is 2.08. The molecule has 4 aromatic rings. The summed E-state index contributed by atoms with van der Waals surface area (Å²) in [5, 5.41) is 7.53. The maximum Gasteiger partial charge on any atom is 0.323 e. The summed E-state index contributed by atoms with van der Waals surface area (Å²) in [4.78, 5) is 24.0. The molecule has 0 aliphatic heterocycles. The number of benzene rings is 2. The Balaban J connectivity index is 1.53.